The number of nitrogens with two attached hydrogens (primary N) is 1. The van der Waals surface area contributed by atoms with E-state index in [-0.39, 0.29) is 11.5 Å². The third-order valence-electron chi connectivity index (χ3n) is 1.88. The Morgan fingerprint density at radius 3 is 2.57 bits per heavy atom. The lowest BCUT2D eigenvalue weighted by Gasteiger charge is -2.17. The van der Waals surface area contributed by atoms with Gasteiger partial charge in [0.15, 0.2) is 0 Å². The van der Waals surface area contributed by atoms with Gasteiger partial charge in [0.1, 0.15) is 5.82 Å². The van der Waals surface area contributed by atoms with Gasteiger partial charge in [-0.15, -0.1) is 0 Å². The average molecular weight is 193 g/mol. The number of aromatic nitrogens is 2. The van der Waals surface area contributed by atoms with E-state index in [2.05, 4.69) is 30.7 Å². The number of hydrogen-bond donors (Lipinski definition) is 1. The fourth-order valence-corrected chi connectivity index (χ4v) is 1.23. The van der Waals surface area contributed by atoms with E-state index in [1.165, 1.54) is 0 Å². The quantitative estimate of drug-likeness (QED) is 0.782. The Morgan fingerprint density at radius 1 is 1.43 bits per heavy atom. The molecule has 3 heteroatoms. The normalized spacial score (nSPS) is 14.1. The van der Waals surface area contributed by atoms with Crippen LogP contribution in [0.25, 0.3) is 0 Å². The highest BCUT2D eigenvalue weighted by molar-refractivity contribution is 5.06. The largest absolute Gasteiger partial charge is 0.323 e. The first-order valence-electron chi connectivity index (χ1n) is 4.96. The van der Waals surface area contributed by atoms with Crippen LogP contribution in [-0.4, -0.2) is 9.97 Å². The minimum Gasteiger partial charge on any atom is -0.323 e. The van der Waals surface area contributed by atoms with Crippen LogP contribution in [0.15, 0.2) is 12.3 Å². The second-order valence-electron chi connectivity index (χ2n) is 4.92. The molecule has 0 aromatic carbocycles. The van der Waals surface area contributed by atoms with Gasteiger partial charge in [-0.2, -0.15) is 0 Å². The molecule has 0 aliphatic rings. The van der Waals surface area contributed by atoms with Crippen molar-refractivity contribution in [2.24, 2.45) is 11.1 Å². The summed E-state index contributed by atoms with van der Waals surface area (Å²) in [5, 5.41) is 0. The summed E-state index contributed by atoms with van der Waals surface area (Å²) in [7, 11) is 0. The topological polar surface area (TPSA) is 51.8 Å². The van der Waals surface area contributed by atoms with Crippen molar-refractivity contribution in [3.8, 4) is 0 Å². The van der Waals surface area contributed by atoms with Crippen molar-refractivity contribution in [1.82, 2.24) is 9.97 Å². The summed E-state index contributed by atoms with van der Waals surface area (Å²) < 4.78 is 0. The molecule has 1 unspecified atom stereocenters. The van der Waals surface area contributed by atoms with Gasteiger partial charge in [0.25, 0.3) is 0 Å². The predicted molar refractivity (Wildman–Crippen MR) is 57.8 cm³/mol. The van der Waals surface area contributed by atoms with Crippen LogP contribution >= 0.6 is 0 Å². The van der Waals surface area contributed by atoms with Crippen molar-refractivity contribution < 1.29 is 0 Å². The first-order chi connectivity index (χ1) is 6.38. The van der Waals surface area contributed by atoms with Crippen molar-refractivity contribution in [3.63, 3.8) is 0 Å². The second kappa shape index (κ2) is 4.05. The van der Waals surface area contributed by atoms with Crippen LogP contribution < -0.4 is 5.73 Å². The van der Waals surface area contributed by atoms with Gasteiger partial charge in [0, 0.05) is 18.7 Å². The zero-order valence-corrected chi connectivity index (χ0v) is 9.41. The summed E-state index contributed by atoms with van der Waals surface area (Å²) in [4.78, 5) is 8.66. The fourth-order valence-electron chi connectivity index (χ4n) is 1.23. The second-order valence-corrected chi connectivity index (χ2v) is 4.92. The Hall–Kier alpha value is -0.960. The Morgan fingerprint density at radius 2 is 2.07 bits per heavy atom. The molecule has 14 heavy (non-hydrogen) atoms. The molecule has 0 radical (unpaired) electrons. The molecule has 0 bridgehead atoms. The molecule has 1 heterocycles. The zero-order chi connectivity index (χ0) is 10.8. The van der Waals surface area contributed by atoms with Crippen LogP contribution in [0.3, 0.4) is 0 Å². The standard InChI is InChI=1S/C11H19N3/c1-8(12)9-5-6-13-10(14-9)7-11(2,3)4/h5-6,8H,7,12H2,1-4H3. The van der Waals surface area contributed by atoms with Crippen LogP contribution in [0.5, 0.6) is 0 Å². The molecule has 1 aromatic heterocycles. The van der Waals surface area contributed by atoms with Crippen LogP contribution in [0.4, 0.5) is 0 Å². The van der Waals surface area contributed by atoms with E-state index in [1.807, 2.05) is 13.0 Å². The highest BCUT2D eigenvalue weighted by Crippen LogP contribution is 2.18. The minimum absolute atomic E-state index is 0.0169. The molecule has 2 N–H and O–H groups in total. The van der Waals surface area contributed by atoms with Crippen LogP contribution in [-0.2, 0) is 6.42 Å². The van der Waals surface area contributed by atoms with E-state index in [9.17, 15) is 0 Å². The van der Waals surface area contributed by atoms with Crippen LogP contribution in [0.1, 0.15) is 45.3 Å². The summed E-state index contributed by atoms with van der Waals surface area (Å²) in [5.74, 6) is 0.882. The van der Waals surface area contributed by atoms with Gasteiger partial charge in [-0.25, -0.2) is 9.97 Å². The molecular weight excluding hydrogens is 174 g/mol. The first-order valence-corrected chi connectivity index (χ1v) is 4.96. The average Bonchev–Trinajstić information content (AvgIpc) is 2.01. The number of nitrogens with zero attached hydrogens (tertiary/aromatic N) is 2. The monoisotopic (exact) mass is 193 g/mol. The minimum atomic E-state index is -0.0169. The van der Waals surface area contributed by atoms with Gasteiger partial charge in [0.05, 0.1) is 5.69 Å². The lowest BCUT2D eigenvalue weighted by molar-refractivity contribution is 0.399. The SMILES string of the molecule is CC(N)c1ccnc(CC(C)(C)C)n1. The van der Waals surface area contributed by atoms with Crippen molar-refractivity contribution in [2.45, 2.75) is 40.2 Å². The lowest BCUT2D eigenvalue weighted by atomic mass is 9.92. The summed E-state index contributed by atoms with van der Waals surface area (Å²) >= 11 is 0. The third-order valence-corrected chi connectivity index (χ3v) is 1.88. The van der Waals surface area contributed by atoms with Crippen molar-refractivity contribution in [2.75, 3.05) is 0 Å². The Bertz CT molecular complexity index is 300. The molecule has 78 valence electrons. The van der Waals surface area contributed by atoms with E-state index < -0.39 is 0 Å². The zero-order valence-electron chi connectivity index (χ0n) is 9.41. The lowest BCUT2D eigenvalue weighted by Crippen LogP contribution is -2.15. The molecule has 3 nitrogen and oxygen atoms in total. The molecule has 0 aliphatic carbocycles. The number of rotatable bonds is 2. The molecule has 0 saturated carbocycles. The molecule has 0 fully saturated rings. The van der Waals surface area contributed by atoms with Crippen molar-refractivity contribution in [1.29, 1.82) is 0 Å². The molecular formula is C11H19N3. The van der Waals surface area contributed by atoms with Gasteiger partial charge in [-0.3, -0.25) is 0 Å². The van der Waals surface area contributed by atoms with E-state index in [0.717, 1.165) is 17.9 Å². The van der Waals surface area contributed by atoms with Crippen molar-refractivity contribution in [3.05, 3.63) is 23.8 Å². The fraction of sp³-hybridized carbons (Fsp3) is 0.636. The molecule has 0 amide bonds. The molecule has 0 aliphatic heterocycles. The maximum atomic E-state index is 5.76. The van der Waals surface area contributed by atoms with Gasteiger partial charge in [-0.05, 0) is 18.4 Å². The Labute approximate surface area is 85.8 Å². The smallest absolute Gasteiger partial charge is 0.129 e. The van der Waals surface area contributed by atoms with E-state index in [0.29, 0.717) is 0 Å². The summed E-state index contributed by atoms with van der Waals surface area (Å²) in [6.07, 6.45) is 2.67. The van der Waals surface area contributed by atoms with Crippen LogP contribution in [0.2, 0.25) is 0 Å². The van der Waals surface area contributed by atoms with Gasteiger partial charge in [0.2, 0.25) is 0 Å². The van der Waals surface area contributed by atoms with Gasteiger partial charge >= 0.3 is 0 Å². The highest BCUT2D eigenvalue weighted by Gasteiger charge is 2.13. The first kappa shape index (κ1) is 11.1. The summed E-state index contributed by atoms with van der Waals surface area (Å²) in [5.41, 5.74) is 6.89. The summed E-state index contributed by atoms with van der Waals surface area (Å²) in [6, 6.07) is 1.85. The molecule has 0 spiro atoms. The summed E-state index contributed by atoms with van der Waals surface area (Å²) in [6.45, 7) is 8.46. The van der Waals surface area contributed by atoms with Crippen molar-refractivity contribution >= 4 is 0 Å². The maximum absolute atomic E-state index is 5.76. The van der Waals surface area contributed by atoms with E-state index in [4.69, 9.17) is 5.73 Å². The van der Waals surface area contributed by atoms with Gasteiger partial charge in [-0.1, -0.05) is 20.8 Å². The highest BCUT2D eigenvalue weighted by atomic mass is 14.9. The predicted octanol–water partition coefficient (Wildman–Crippen LogP) is 2.08. The van der Waals surface area contributed by atoms with E-state index in [1.54, 1.807) is 6.20 Å². The molecule has 1 rings (SSSR count). The molecule has 1 aromatic rings. The Balaban J connectivity index is 2.84. The third kappa shape index (κ3) is 3.42. The van der Waals surface area contributed by atoms with Gasteiger partial charge < -0.3 is 5.73 Å². The molecule has 1 atom stereocenters. The maximum Gasteiger partial charge on any atom is 0.129 e. The Kier molecular flexibility index (Phi) is 3.21. The van der Waals surface area contributed by atoms with Crippen LogP contribution in [0, 0.1) is 5.41 Å². The van der Waals surface area contributed by atoms with E-state index >= 15 is 0 Å². The molecule has 0 saturated heterocycles. The number of hydrogen-bond acceptors (Lipinski definition) is 3.